The summed E-state index contributed by atoms with van der Waals surface area (Å²) < 4.78 is 11.2. The lowest BCUT2D eigenvalue weighted by atomic mass is 9.82. The Bertz CT molecular complexity index is 1190. The van der Waals surface area contributed by atoms with Crippen molar-refractivity contribution in [3.63, 3.8) is 0 Å². The summed E-state index contributed by atoms with van der Waals surface area (Å²) in [6.45, 7) is 2.14. The van der Waals surface area contributed by atoms with Gasteiger partial charge < -0.3 is 24.4 Å². The maximum atomic E-state index is 12.3. The molecule has 1 amide bonds. The Morgan fingerprint density at radius 3 is 2.48 bits per heavy atom. The highest BCUT2D eigenvalue weighted by Crippen LogP contribution is 2.31. The van der Waals surface area contributed by atoms with Crippen molar-refractivity contribution in [3.05, 3.63) is 52.4 Å². The molecule has 3 aromatic rings. The topological polar surface area (TPSA) is 109 Å². The van der Waals surface area contributed by atoms with Crippen LogP contribution in [0.2, 0.25) is 0 Å². The first kappa shape index (κ1) is 20.9. The van der Waals surface area contributed by atoms with Gasteiger partial charge in [-0.25, -0.2) is 4.79 Å². The molecule has 1 heterocycles. The van der Waals surface area contributed by atoms with Crippen LogP contribution in [0.5, 0.6) is 5.75 Å². The number of amides is 1. The quantitative estimate of drug-likeness (QED) is 0.482. The monoisotopic (exact) mass is 422 g/mol. The van der Waals surface area contributed by atoms with Gasteiger partial charge >= 0.3 is 5.63 Å². The lowest BCUT2D eigenvalue weighted by Crippen LogP contribution is -2.37. The molecule has 1 fully saturated rings. The van der Waals surface area contributed by atoms with Gasteiger partial charge in [0, 0.05) is 23.5 Å². The van der Waals surface area contributed by atoms with E-state index < -0.39 is 11.6 Å². The van der Waals surface area contributed by atoms with E-state index in [-0.39, 0.29) is 24.3 Å². The first-order valence-corrected chi connectivity index (χ1v) is 10.5. The van der Waals surface area contributed by atoms with Crippen molar-refractivity contribution in [3.8, 4) is 5.75 Å². The van der Waals surface area contributed by atoms with Gasteiger partial charge in [0.2, 0.25) is 0 Å². The number of rotatable bonds is 6. The van der Waals surface area contributed by atoms with Gasteiger partial charge in [-0.3, -0.25) is 4.79 Å². The van der Waals surface area contributed by atoms with E-state index in [2.05, 4.69) is 5.32 Å². The Labute approximate surface area is 179 Å². The minimum absolute atomic E-state index is 0.154. The molecule has 0 aliphatic heterocycles. The highest BCUT2D eigenvalue weighted by molar-refractivity contribution is 6.05. The van der Waals surface area contributed by atoms with Crippen LogP contribution in [0.1, 0.15) is 31.2 Å². The second kappa shape index (κ2) is 8.79. The standard InChI is InChI=1S/C24H25NO6/c1-14-20(11-10-18-17-4-2-3-5-19(17)24(29)31-22(14)18)30-13-21(26)25-12-15-6-8-16(9-7-15)23(27)28/h2-5,10-11,15-16H,6-9,12-13H2,1H3,(H,25,26)(H,27,28)/p-1. The maximum absolute atomic E-state index is 12.3. The van der Waals surface area contributed by atoms with Gasteiger partial charge in [0.1, 0.15) is 11.3 Å². The fraction of sp³-hybridized carbons (Fsp3) is 0.375. The molecule has 162 valence electrons. The molecule has 0 unspecified atom stereocenters. The SMILES string of the molecule is Cc1c(OCC(=O)NCC2CCC(C(=O)[O-])CC2)ccc2c1oc(=O)c1ccccc12. The largest absolute Gasteiger partial charge is 0.550 e. The van der Waals surface area contributed by atoms with Crippen LogP contribution in [-0.4, -0.2) is 25.0 Å². The summed E-state index contributed by atoms with van der Waals surface area (Å²) in [6.07, 6.45) is 2.71. The second-order valence-corrected chi connectivity index (χ2v) is 8.13. The summed E-state index contributed by atoms with van der Waals surface area (Å²) >= 11 is 0. The Hall–Kier alpha value is -3.35. The Morgan fingerprint density at radius 1 is 1.06 bits per heavy atom. The van der Waals surface area contributed by atoms with Crippen LogP contribution in [0.3, 0.4) is 0 Å². The van der Waals surface area contributed by atoms with Crippen molar-refractivity contribution < 1.29 is 23.8 Å². The number of carbonyl (C=O) groups is 2. The minimum atomic E-state index is -0.981. The molecule has 1 aliphatic carbocycles. The molecule has 0 saturated heterocycles. The predicted molar refractivity (Wildman–Crippen MR) is 114 cm³/mol. The molecule has 1 aromatic heterocycles. The van der Waals surface area contributed by atoms with Crippen LogP contribution in [0.15, 0.2) is 45.6 Å². The van der Waals surface area contributed by atoms with Crippen molar-refractivity contribution in [2.24, 2.45) is 11.8 Å². The van der Waals surface area contributed by atoms with Crippen molar-refractivity contribution in [2.75, 3.05) is 13.2 Å². The fourth-order valence-electron chi connectivity index (χ4n) is 4.27. The maximum Gasteiger partial charge on any atom is 0.344 e. The zero-order valence-electron chi connectivity index (χ0n) is 17.3. The average molecular weight is 422 g/mol. The summed E-state index contributed by atoms with van der Waals surface area (Å²) in [5.41, 5.74) is 0.703. The molecule has 4 rings (SSSR count). The van der Waals surface area contributed by atoms with E-state index in [4.69, 9.17) is 9.15 Å². The van der Waals surface area contributed by atoms with Crippen molar-refractivity contribution in [1.82, 2.24) is 5.32 Å². The van der Waals surface area contributed by atoms with Gasteiger partial charge in [-0.05, 0) is 68.0 Å². The number of hydrogen-bond acceptors (Lipinski definition) is 6. The number of fused-ring (bicyclic) bond motifs is 3. The second-order valence-electron chi connectivity index (χ2n) is 8.13. The number of aliphatic carboxylic acids is 1. The van der Waals surface area contributed by atoms with Gasteiger partial charge in [-0.15, -0.1) is 0 Å². The van der Waals surface area contributed by atoms with Crippen LogP contribution in [0.4, 0.5) is 0 Å². The molecule has 7 heteroatoms. The highest BCUT2D eigenvalue weighted by Gasteiger charge is 2.22. The first-order valence-electron chi connectivity index (χ1n) is 10.5. The molecule has 0 atom stereocenters. The lowest BCUT2D eigenvalue weighted by molar-refractivity contribution is -0.312. The van der Waals surface area contributed by atoms with Crippen molar-refractivity contribution in [2.45, 2.75) is 32.6 Å². The zero-order chi connectivity index (χ0) is 22.0. The average Bonchev–Trinajstić information content (AvgIpc) is 2.78. The smallest absolute Gasteiger partial charge is 0.344 e. The number of ether oxygens (including phenoxy) is 1. The molecular weight excluding hydrogens is 398 g/mol. The predicted octanol–water partition coefficient (Wildman–Crippen LogP) is 2.31. The molecule has 0 spiro atoms. The third kappa shape index (κ3) is 4.40. The number of carbonyl (C=O) groups excluding carboxylic acids is 2. The number of carboxylic acids is 1. The molecule has 2 aromatic carbocycles. The lowest BCUT2D eigenvalue weighted by Gasteiger charge is -2.29. The summed E-state index contributed by atoms with van der Waals surface area (Å²) in [5.74, 6) is -0.852. The van der Waals surface area contributed by atoms with Crippen LogP contribution < -0.4 is 20.8 Å². The summed E-state index contributed by atoms with van der Waals surface area (Å²) in [4.78, 5) is 35.4. The van der Waals surface area contributed by atoms with Gasteiger partial charge in [0.25, 0.3) is 5.91 Å². The first-order chi connectivity index (χ1) is 14.9. The van der Waals surface area contributed by atoms with Crippen molar-refractivity contribution in [1.29, 1.82) is 0 Å². The van der Waals surface area contributed by atoms with E-state index in [0.29, 0.717) is 41.7 Å². The van der Waals surface area contributed by atoms with E-state index in [1.807, 2.05) is 18.2 Å². The van der Waals surface area contributed by atoms with E-state index in [9.17, 15) is 19.5 Å². The van der Waals surface area contributed by atoms with E-state index in [1.165, 1.54) is 0 Å². The zero-order valence-corrected chi connectivity index (χ0v) is 17.3. The summed E-state index contributed by atoms with van der Waals surface area (Å²) in [7, 11) is 0. The van der Waals surface area contributed by atoms with E-state index in [0.717, 1.165) is 23.6 Å². The summed E-state index contributed by atoms with van der Waals surface area (Å²) in [6, 6.07) is 10.9. The van der Waals surface area contributed by atoms with E-state index >= 15 is 0 Å². The third-order valence-corrected chi connectivity index (χ3v) is 6.11. The molecule has 1 N–H and O–H groups in total. The molecule has 0 bridgehead atoms. The normalized spacial score (nSPS) is 18.7. The highest BCUT2D eigenvalue weighted by atomic mass is 16.5. The van der Waals surface area contributed by atoms with Gasteiger partial charge in [-0.2, -0.15) is 0 Å². The van der Waals surface area contributed by atoms with Crippen LogP contribution >= 0.6 is 0 Å². The summed E-state index contributed by atoms with van der Waals surface area (Å²) in [5, 5.41) is 15.9. The van der Waals surface area contributed by atoms with Crippen LogP contribution in [0.25, 0.3) is 21.7 Å². The number of carboxylic acid groups (broad SMARTS) is 1. The fourth-order valence-corrected chi connectivity index (χ4v) is 4.27. The molecule has 1 saturated carbocycles. The molecule has 31 heavy (non-hydrogen) atoms. The Balaban J connectivity index is 1.38. The van der Waals surface area contributed by atoms with Gasteiger partial charge in [0.05, 0.1) is 5.39 Å². The van der Waals surface area contributed by atoms with Gasteiger partial charge in [0.15, 0.2) is 6.61 Å². The van der Waals surface area contributed by atoms with Crippen LogP contribution in [0, 0.1) is 18.8 Å². The minimum Gasteiger partial charge on any atom is -0.550 e. The Morgan fingerprint density at radius 2 is 1.77 bits per heavy atom. The number of benzene rings is 2. The number of nitrogens with one attached hydrogen (secondary N) is 1. The molecular formula is C24H24NO6-. The molecule has 7 nitrogen and oxygen atoms in total. The van der Waals surface area contributed by atoms with Gasteiger partial charge in [-0.1, -0.05) is 18.2 Å². The Kier molecular flexibility index (Phi) is 5.93. The third-order valence-electron chi connectivity index (χ3n) is 6.11. The van der Waals surface area contributed by atoms with Crippen LogP contribution in [-0.2, 0) is 9.59 Å². The molecule has 1 aliphatic rings. The van der Waals surface area contributed by atoms with Crippen molar-refractivity contribution >= 4 is 33.6 Å². The van der Waals surface area contributed by atoms with E-state index in [1.54, 1.807) is 25.1 Å². The number of aryl methyl sites for hydroxylation is 1. The molecule has 0 radical (unpaired) electrons. The number of hydrogen-bond donors (Lipinski definition) is 1.